The number of benzene rings is 3. The average Bonchev–Trinajstić information content (AvgIpc) is 3.39. The Morgan fingerprint density at radius 2 is 1.66 bits per heavy atom. The fourth-order valence-corrected chi connectivity index (χ4v) is 5.36. The first-order chi connectivity index (χ1) is 22.2. The summed E-state index contributed by atoms with van der Waals surface area (Å²) in [6.07, 6.45) is -5.57. The molecular weight excluding hydrogens is 685 g/mol. The number of alkyl halides is 3. The summed E-state index contributed by atoms with van der Waals surface area (Å²) in [6, 6.07) is 19.2. The molecule has 1 amide bonds. The normalized spacial score (nSPS) is 17.8. The third-order valence-electron chi connectivity index (χ3n) is 6.96. The monoisotopic (exact) mass is 720 g/mol. The van der Waals surface area contributed by atoms with E-state index in [1.807, 2.05) is 6.07 Å². The quantitative estimate of drug-likeness (QED) is 0.147. The Kier molecular flexibility index (Phi) is 11.6. The summed E-state index contributed by atoms with van der Waals surface area (Å²) >= 11 is 3.57. The van der Waals surface area contributed by atoms with Crippen LogP contribution in [-0.2, 0) is 25.6 Å². The molecule has 0 fully saturated rings. The minimum atomic E-state index is -4.83. The SMILES string of the molecule is CC(C)(C)OC(=O)CC[C@@]1(C(=O)NCc2ccc(OC(F)(F)F)cc2)N=C(c2ccc(OCCCO)cc2)O[C@@H]1c1ccccc1Br. The minimum Gasteiger partial charge on any atom is -0.494 e. The molecule has 1 aliphatic heterocycles. The largest absolute Gasteiger partial charge is 0.573 e. The Morgan fingerprint density at radius 1 is 1.00 bits per heavy atom. The number of hydrogen-bond donors (Lipinski definition) is 2. The van der Waals surface area contributed by atoms with Crippen LogP contribution >= 0.6 is 15.9 Å². The van der Waals surface area contributed by atoms with Crippen molar-refractivity contribution in [3.8, 4) is 11.5 Å². The molecular formula is C34H36BrF3N2O7. The first-order valence-electron chi connectivity index (χ1n) is 14.9. The molecule has 0 saturated carbocycles. The van der Waals surface area contributed by atoms with Crippen LogP contribution in [0.5, 0.6) is 11.5 Å². The van der Waals surface area contributed by atoms with Crippen LogP contribution in [-0.4, -0.2) is 53.6 Å². The van der Waals surface area contributed by atoms with E-state index in [0.717, 1.165) is 12.1 Å². The predicted molar refractivity (Wildman–Crippen MR) is 171 cm³/mol. The zero-order valence-corrected chi connectivity index (χ0v) is 27.7. The molecule has 252 valence electrons. The van der Waals surface area contributed by atoms with Crippen LogP contribution in [0.4, 0.5) is 13.2 Å². The van der Waals surface area contributed by atoms with Gasteiger partial charge in [-0.15, -0.1) is 13.2 Å². The van der Waals surface area contributed by atoms with Gasteiger partial charge in [-0.1, -0.05) is 46.3 Å². The molecule has 4 rings (SSSR count). The number of carbonyl (C=O) groups excluding carboxylic acids is 2. The first kappa shape index (κ1) is 35.7. The van der Waals surface area contributed by atoms with Gasteiger partial charge in [-0.3, -0.25) is 9.59 Å². The summed E-state index contributed by atoms with van der Waals surface area (Å²) in [5.74, 6) is -0.733. The molecule has 1 aliphatic rings. The second-order valence-corrected chi connectivity index (χ2v) is 12.6. The predicted octanol–water partition coefficient (Wildman–Crippen LogP) is 6.80. The Bertz CT molecular complexity index is 1560. The van der Waals surface area contributed by atoms with Gasteiger partial charge in [-0.05, 0) is 75.2 Å². The van der Waals surface area contributed by atoms with Crippen molar-refractivity contribution in [2.24, 2.45) is 4.99 Å². The molecule has 3 aromatic carbocycles. The van der Waals surface area contributed by atoms with E-state index in [2.05, 4.69) is 26.0 Å². The minimum absolute atomic E-state index is 0.00435. The first-order valence-corrected chi connectivity index (χ1v) is 15.7. The zero-order chi connectivity index (χ0) is 34.2. The van der Waals surface area contributed by atoms with E-state index in [0.29, 0.717) is 39.9 Å². The van der Waals surface area contributed by atoms with Crippen LogP contribution in [0.25, 0.3) is 0 Å². The van der Waals surface area contributed by atoms with Crippen molar-refractivity contribution in [3.63, 3.8) is 0 Å². The number of carbonyl (C=O) groups is 2. The molecule has 2 N–H and O–H groups in total. The lowest BCUT2D eigenvalue weighted by molar-refractivity contribution is -0.274. The molecule has 3 aromatic rings. The fraction of sp³-hybridized carbons (Fsp3) is 0.382. The lowest BCUT2D eigenvalue weighted by atomic mass is 9.83. The van der Waals surface area contributed by atoms with E-state index in [1.54, 1.807) is 63.2 Å². The van der Waals surface area contributed by atoms with Crippen molar-refractivity contribution >= 4 is 33.7 Å². The van der Waals surface area contributed by atoms with Crippen LogP contribution < -0.4 is 14.8 Å². The number of aliphatic hydroxyl groups is 1. The van der Waals surface area contributed by atoms with E-state index in [1.165, 1.54) is 12.1 Å². The zero-order valence-electron chi connectivity index (χ0n) is 26.1. The van der Waals surface area contributed by atoms with Crippen molar-refractivity contribution in [1.29, 1.82) is 0 Å². The number of nitrogens with zero attached hydrogens (tertiary/aromatic N) is 1. The fourth-order valence-electron chi connectivity index (χ4n) is 4.86. The summed E-state index contributed by atoms with van der Waals surface area (Å²) in [5, 5.41) is 11.9. The number of ether oxygens (including phenoxy) is 4. The van der Waals surface area contributed by atoms with Crippen LogP contribution in [0.1, 0.15) is 62.8 Å². The maximum Gasteiger partial charge on any atom is 0.573 e. The molecule has 0 radical (unpaired) electrons. The van der Waals surface area contributed by atoms with Gasteiger partial charge in [-0.2, -0.15) is 0 Å². The number of esters is 1. The smallest absolute Gasteiger partial charge is 0.494 e. The second kappa shape index (κ2) is 15.2. The Hall–Kier alpha value is -4.10. The molecule has 0 aliphatic carbocycles. The van der Waals surface area contributed by atoms with Crippen LogP contribution in [0.3, 0.4) is 0 Å². The lowest BCUT2D eigenvalue weighted by Gasteiger charge is -2.31. The Balaban J connectivity index is 1.69. The third-order valence-corrected chi connectivity index (χ3v) is 7.68. The molecule has 2 atom stereocenters. The van der Waals surface area contributed by atoms with Gasteiger partial charge in [0.05, 0.1) is 6.61 Å². The Morgan fingerprint density at radius 3 is 2.28 bits per heavy atom. The molecule has 1 heterocycles. The van der Waals surface area contributed by atoms with Crippen molar-refractivity contribution in [1.82, 2.24) is 5.32 Å². The van der Waals surface area contributed by atoms with Crippen molar-refractivity contribution in [2.45, 2.75) is 70.2 Å². The van der Waals surface area contributed by atoms with Gasteiger partial charge >= 0.3 is 12.3 Å². The maximum absolute atomic E-state index is 14.3. The van der Waals surface area contributed by atoms with Crippen LogP contribution in [0, 0.1) is 0 Å². The molecule has 0 saturated heterocycles. The van der Waals surface area contributed by atoms with Gasteiger partial charge in [0, 0.05) is 41.6 Å². The number of nitrogens with one attached hydrogen (secondary N) is 1. The van der Waals surface area contributed by atoms with E-state index >= 15 is 0 Å². The molecule has 0 unspecified atom stereocenters. The maximum atomic E-state index is 14.3. The number of hydrogen-bond acceptors (Lipinski definition) is 8. The van der Waals surface area contributed by atoms with Gasteiger partial charge in [0.1, 0.15) is 17.1 Å². The second-order valence-electron chi connectivity index (χ2n) is 11.8. The summed E-state index contributed by atoms with van der Waals surface area (Å²) in [6.45, 7) is 5.53. The van der Waals surface area contributed by atoms with Gasteiger partial charge in [0.2, 0.25) is 5.90 Å². The van der Waals surface area contributed by atoms with Crippen molar-refractivity contribution in [2.75, 3.05) is 13.2 Å². The van der Waals surface area contributed by atoms with Crippen molar-refractivity contribution in [3.05, 3.63) is 94.0 Å². The molecule has 0 spiro atoms. The molecule has 0 bridgehead atoms. The highest BCUT2D eigenvalue weighted by Crippen LogP contribution is 2.45. The van der Waals surface area contributed by atoms with Gasteiger partial charge < -0.3 is 29.4 Å². The number of halogens is 4. The van der Waals surface area contributed by atoms with Crippen LogP contribution in [0.15, 0.2) is 82.3 Å². The topological polar surface area (TPSA) is 116 Å². The highest BCUT2D eigenvalue weighted by molar-refractivity contribution is 9.10. The average molecular weight is 722 g/mol. The van der Waals surface area contributed by atoms with E-state index in [9.17, 15) is 22.8 Å². The number of aliphatic imine (C=N–C) groups is 1. The molecule has 0 aromatic heterocycles. The van der Waals surface area contributed by atoms with Crippen molar-refractivity contribution < 1.29 is 46.8 Å². The molecule has 47 heavy (non-hydrogen) atoms. The van der Waals surface area contributed by atoms with Crippen LogP contribution in [0.2, 0.25) is 0 Å². The van der Waals surface area contributed by atoms with Gasteiger partial charge in [0.15, 0.2) is 11.6 Å². The summed E-state index contributed by atoms with van der Waals surface area (Å²) < 4.78 is 60.1. The van der Waals surface area contributed by atoms with E-state index in [4.69, 9.17) is 24.3 Å². The third kappa shape index (κ3) is 9.94. The highest BCUT2D eigenvalue weighted by atomic mass is 79.9. The summed E-state index contributed by atoms with van der Waals surface area (Å²) in [4.78, 5) is 32.1. The van der Waals surface area contributed by atoms with E-state index < -0.39 is 41.2 Å². The highest BCUT2D eigenvalue weighted by Gasteiger charge is 2.53. The number of amides is 1. The number of aliphatic hydroxyl groups excluding tert-OH is 1. The van der Waals surface area contributed by atoms with Gasteiger partial charge in [-0.25, -0.2) is 4.99 Å². The standard InChI is InChI=1S/C34H36BrF3N2O7/c1-32(2,3)47-28(42)17-18-33(31(43)39-21-22-9-13-25(14-10-22)46-34(36,37)38)29(26-7-4-5-8-27(26)35)45-30(40-33)23-11-15-24(16-12-23)44-20-6-19-41/h4-5,7-16,29,41H,6,17-21H2,1-3H3,(H,39,43)/t29-,33-/m1/s1. The number of rotatable bonds is 13. The molecule has 9 nitrogen and oxygen atoms in total. The summed E-state index contributed by atoms with van der Waals surface area (Å²) in [7, 11) is 0. The van der Waals surface area contributed by atoms with E-state index in [-0.39, 0.29) is 31.9 Å². The Labute approximate surface area is 279 Å². The summed E-state index contributed by atoms with van der Waals surface area (Å²) in [5.41, 5.74) is -0.719. The lowest BCUT2D eigenvalue weighted by Crippen LogP contribution is -2.48. The van der Waals surface area contributed by atoms with Gasteiger partial charge in [0.25, 0.3) is 5.91 Å². The molecule has 13 heteroatoms.